The summed E-state index contributed by atoms with van der Waals surface area (Å²) in [6.07, 6.45) is 11.8. The molecule has 16 rings (SSSR count). The van der Waals surface area contributed by atoms with Gasteiger partial charge in [0.15, 0.2) is 17.9 Å². The summed E-state index contributed by atoms with van der Waals surface area (Å²) in [5.74, 6) is 4.57. The van der Waals surface area contributed by atoms with Crippen LogP contribution in [0.15, 0.2) is 114 Å². The molecule has 12 aromatic rings. The molecule has 830 valence electrons. The highest BCUT2D eigenvalue weighted by Gasteiger charge is 2.35. The van der Waals surface area contributed by atoms with Crippen molar-refractivity contribution in [3.8, 4) is 0 Å². The van der Waals surface area contributed by atoms with Crippen LogP contribution < -0.4 is 49.3 Å². The number of hydrogen-bond acceptors (Lipinski definition) is 41. The fourth-order valence-corrected chi connectivity index (χ4v) is 11.2. The molecule has 8 amide bonds. The molecule has 2 unspecified atom stereocenters. The molecule has 2 fully saturated rings. The van der Waals surface area contributed by atoms with E-state index in [1.807, 2.05) is 127 Å². The van der Waals surface area contributed by atoms with Gasteiger partial charge >= 0.3 is 34.1 Å². The van der Waals surface area contributed by atoms with Gasteiger partial charge in [0, 0.05) is 71.8 Å². The predicted octanol–water partition coefficient (Wildman–Crippen LogP) is 14.9. The van der Waals surface area contributed by atoms with Crippen molar-refractivity contribution in [2.45, 2.75) is 313 Å². The third-order valence-electron chi connectivity index (χ3n) is 16.6. The highest BCUT2D eigenvalue weighted by atomic mass is 32.2. The molecule has 54 nitrogen and oxygen atoms in total. The molecule has 0 spiro atoms. The summed E-state index contributed by atoms with van der Waals surface area (Å²) in [6, 6.07) is 2.08. The maximum atomic E-state index is 12.4. The molecule has 0 aromatic carbocycles. The SMILES string of the molecule is CC(C)C.CC(C)C.CC(C)C1=C(O)C(=O)NC1=O.CC(C)C1=NNC(=O)C1.CC(C)C1NC(=O)NC1=O.CC(C)C1SC(=O)NC1=O.CC(C)c1cn[nH]n1.CC(C)c1cnc[nH]1.CC(C)c1n[nH][nH]c1=S.CC(C)c1n[nH]nc1F.CC(C)c1nc(=S)o[nH]1.CC(C)c1ncno1.CC(C)c1ncns1.CC(C)c1nn[nH]n1.CC(C)n1[nH]nnc1=S.CC(C)n1oc(=O)[nH]c1=O.O=C=O.O=c1cc[nH]o1.O=c1cco[nH]1. The molecular weight excluding hydrogens is 2040 g/mol. The Morgan fingerprint density at radius 3 is 1.42 bits per heavy atom. The Kier molecular flexibility index (Phi) is 71.7. The molecule has 17 N–H and O–H groups in total. The number of carbonyl (C=O) groups is 7. The van der Waals surface area contributed by atoms with Gasteiger partial charge in [-0.25, -0.2) is 59.8 Å². The number of urea groups is 1. The minimum atomic E-state index is -0.710. The van der Waals surface area contributed by atoms with Gasteiger partial charge in [0.1, 0.15) is 45.5 Å². The molecular formula is C89H148FN35O19S5. The zero-order chi connectivity index (χ0) is 115. The van der Waals surface area contributed by atoms with Crippen molar-refractivity contribution in [1.82, 2.24) is 173 Å². The lowest BCUT2D eigenvalue weighted by atomic mass is 10.0. The first-order valence-corrected chi connectivity index (χ1v) is 49.7. The number of nitrogens with zero attached hydrogens (tertiary/aromatic N) is 19. The maximum Gasteiger partial charge on any atom is 0.440 e. The predicted molar refractivity (Wildman–Crippen MR) is 560 cm³/mol. The van der Waals surface area contributed by atoms with Gasteiger partial charge in [-0.1, -0.05) is 252 Å². The molecule has 60 heteroatoms. The number of tetrazole rings is 2. The number of nitrogens with one attached hydrogen (secondary N) is 16. The molecule has 149 heavy (non-hydrogen) atoms. The van der Waals surface area contributed by atoms with Crippen LogP contribution in [0.1, 0.15) is 347 Å². The van der Waals surface area contributed by atoms with Gasteiger partial charge in [-0.15, -0.1) is 20.0 Å². The van der Waals surface area contributed by atoms with Crippen LogP contribution in [0.5, 0.6) is 0 Å². The van der Waals surface area contributed by atoms with Crippen molar-refractivity contribution in [3.05, 3.63) is 175 Å². The molecule has 12 aromatic heterocycles. The van der Waals surface area contributed by atoms with Crippen LogP contribution >= 0.6 is 59.9 Å². The molecule has 16 heterocycles. The molecule has 2 atom stereocenters. The van der Waals surface area contributed by atoms with Crippen LogP contribution in [0, 0.1) is 55.7 Å². The smallest absolute Gasteiger partial charge is 0.440 e. The average Bonchev–Trinajstić information content (AvgIpc) is 1.69. The molecule has 4 aliphatic heterocycles. The van der Waals surface area contributed by atoms with Crippen LogP contribution in [0.2, 0.25) is 0 Å². The van der Waals surface area contributed by atoms with Crippen LogP contribution in [-0.2, 0) is 33.6 Å². The summed E-state index contributed by atoms with van der Waals surface area (Å²) in [6.45, 7) is 68.2. The Labute approximate surface area is 884 Å². The fourth-order valence-electron chi connectivity index (χ4n) is 9.13. The number of carbonyl (C=O) groups excluding carboxylic acids is 9. The minimum absolute atomic E-state index is 0.0127. The molecule has 0 saturated carbocycles. The van der Waals surface area contributed by atoms with E-state index in [0.717, 1.165) is 62.1 Å². The highest BCUT2D eigenvalue weighted by molar-refractivity contribution is 8.15. The van der Waals surface area contributed by atoms with Crippen molar-refractivity contribution in [2.75, 3.05) is 0 Å². The van der Waals surface area contributed by atoms with Gasteiger partial charge < -0.3 is 38.0 Å². The number of thioether (sulfide) groups is 1. The first-order chi connectivity index (χ1) is 69.6. The van der Waals surface area contributed by atoms with Crippen LogP contribution in [0.25, 0.3) is 0 Å². The molecule has 0 radical (unpaired) electrons. The minimum Gasteiger partial charge on any atom is -0.503 e. The Balaban J connectivity index is -0.00000152. The first kappa shape index (κ1) is 139. The van der Waals surface area contributed by atoms with Gasteiger partial charge in [0.25, 0.3) is 34.5 Å². The summed E-state index contributed by atoms with van der Waals surface area (Å²) >= 11 is 16.9. The lowest BCUT2D eigenvalue weighted by molar-refractivity contribution is -0.191. The number of halogens is 1. The summed E-state index contributed by atoms with van der Waals surface area (Å²) < 4.78 is 42.5. The van der Waals surface area contributed by atoms with E-state index >= 15 is 0 Å². The molecule has 0 bridgehead atoms. The number of rotatable bonds is 14. The van der Waals surface area contributed by atoms with Gasteiger partial charge in [-0.05, 0) is 111 Å². The number of aromatic amines is 11. The lowest BCUT2D eigenvalue weighted by Crippen LogP contribution is -2.33. The number of H-pyrrole nitrogens is 11. The summed E-state index contributed by atoms with van der Waals surface area (Å²) in [4.78, 5) is 153. The average molecular weight is 2190 g/mol. The second-order valence-corrected chi connectivity index (χ2v) is 39.5. The fraction of sp³-hybridized carbons (Fsp3) is 0.596. The second kappa shape index (κ2) is 77.0. The molecule has 4 aliphatic rings. The zero-order valence-electron chi connectivity index (χ0n) is 90.5. The third kappa shape index (κ3) is 63.7. The highest BCUT2D eigenvalue weighted by Crippen LogP contribution is 2.26. The van der Waals surface area contributed by atoms with E-state index in [2.05, 4.69) is 281 Å². The van der Waals surface area contributed by atoms with E-state index in [1.54, 1.807) is 51.2 Å². The second-order valence-electron chi connectivity index (χ2n) is 36.5. The number of aromatic nitrogens is 29. The number of hydrogen-bond donors (Lipinski definition) is 17. The van der Waals surface area contributed by atoms with Crippen molar-refractivity contribution < 1.29 is 75.3 Å². The lowest BCUT2D eigenvalue weighted by Gasteiger charge is -2.09. The van der Waals surface area contributed by atoms with Gasteiger partial charge in [-0.2, -0.15) is 79.8 Å². The number of amides is 8. The number of aliphatic hydroxyl groups excluding tert-OH is 1. The monoisotopic (exact) mass is 2190 g/mol. The number of imidazole rings is 1. The first-order valence-electron chi connectivity index (χ1n) is 46.8. The largest absolute Gasteiger partial charge is 0.503 e. The third-order valence-corrected chi connectivity index (χ3v) is 19.7. The number of aliphatic hydroxyl groups is 1. The maximum absolute atomic E-state index is 12.4. The normalized spacial score (nSPS) is 13.1. The topological polar surface area (TPSA) is 770 Å². The Hall–Kier alpha value is -14.4. The van der Waals surface area contributed by atoms with E-state index in [0.29, 0.717) is 80.8 Å². The van der Waals surface area contributed by atoms with E-state index in [9.17, 15) is 57.1 Å². The van der Waals surface area contributed by atoms with Gasteiger partial charge in [-0.3, -0.25) is 54.6 Å². The summed E-state index contributed by atoms with van der Waals surface area (Å²) in [5, 5.41) is 84.4. The van der Waals surface area contributed by atoms with E-state index in [1.165, 1.54) is 48.1 Å². The van der Waals surface area contributed by atoms with Crippen LogP contribution in [0.4, 0.5) is 14.0 Å². The Bertz CT molecular complexity index is 5730. The quantitative estimate of drug-likeness (QED) is 0.0273. The zero-order valence-corrected chi connectivity index (χ0v) is 94.6. The van der Waals surface area contributed by atoms with Crippen molar-refractivity contribution >= 4 is 113 Å². The molecule has 0 aliphatic carbocycles. The van der Waals surface area contributed by atoms with Crippen molar-refractivity contribution in [1.29, 1.82) is 0 Å². The molecule has 2 saturated heterocycles. The van der Waals surface area contributed by atoms with E-state index in [4.69, 9.17) is 48.2 Å². The summed E-state index contributed by atoms with van der Waals surface area (Å²) in [7, 11) is 0. The number of imide groups is 3. The van der Waals surface area contributed by atoms with Crippen molar-refractivity contribution in [3.63, 3.8) is 0 Å². The summed E-state index contributed by atoms with van der Waals surface area (Å²) in [5.41, 5.74) is 6.05. The Morgan fingerprint density at radius 1 is 0.591 bits per heavy atom. The van der Waals surface area contributed by atoms with Crippen LogP contribution in [-0.4, -0.2) is 216 Å². The van der Waals surface area contributed by atoms with Crippen LogP contribution in [0.3, 0.4) is 0 Å². The van der Waals surface area contributed by atoms with Gasteiger partial charge in [0.2, 0.25) is 22.5 Å². The standard InChI is InChI=1S/C7H9NO3.C6H10N2O2.C6H10N2O.C6H10N2.C6H9NO2S.C5H8FN3.C5H9N3S.C5H9N3.C5H8N2O3.C5H8N2OS.C5H8N2O.C5H8N2S.C4H8N4S.C4H8N4.2C4H10.2C3H3NO2.CO2/c1-3(2)4-5(9)7(11)8-6(4)10;1-3(2)4-5(9)8-6(10)7-4;1-4(2)5-3-6(9)8-7-5;1-5(2)6-3-7-4-8-6;1-3(2)4-5(8)7-6(9)10-4;1-3(2)4-5(6)8-9-7-4;1-3(2)4-5(9)7-8-6-4;1-4(2)5-3-6-8-7-5;1-3(2)7-4(8)6-5(9)10-7;1-3(2)4-6-5(9)8-7-4;2*1-4(2)5-6-3-7-8-5;1-3(2)8-4(9)5-6-7-8;1-3(2)4-5-7-8-6-4;2*1-4(2)3;5-3-1-2-6-4-3;5-3-1-2-4-6-3;2-1-3/h3H,1-2H3,(H2,8,9,10,11);3-4H,1-2H3,(H2,7,8,9,10);4H,3H2,1-2H3,(H,8,9);3-5H,1-2H3,(H,7,8);3-4H,1-2H3,(H,7,8,9);3H,1-2H3,(H,7,8,9);3H,1-2H3,(H2,6,7,8,9);3-4H,1-2H3,(H,6,7,8);3H,1-2H3,(H,6,8,9);3H,1-2H3,(H,6,7,9);2*3-4H,1-2H3;3H,1-2H3,(H,5,7,9);3H,1-2H3,(H,5,6,7,8);2*4H,1-3H3;1-2H,(H,4,5);1-2,4H;. The van der Waals surface area contributed by atoms with Gasteiger partial charge in [0.05, 0.1) is 47.2 Å². The van der Waals surface area contributed by atoms with E-state index < -0.39 is 35.0 Å². The van der Waals surface area contributed by atoms with E-state index in [-0.39, 0.29) is 97.7 Å². The van der Waals surface area contributed by atoms with Crippen molar-refractivity contribution in [2.24, 2.45) is 40.6 Å². The Morgan fingerprint density at radius 2 is 1.21 bits per heavy atom. The number of hydrazone groups is 1.